The van der Waals surface area contributed by atoms with Crippen molar-refractivity contribution in [3.8, 4) is 34.0 Å². The van der Waals surface area contributed by atoms with E-state index in [-0.39, 0.29) is 5.25 Å². The molecule has 1 saturated heterocycles. The van der Waals surface area contributed by atoms with E-state index in [9.17, 15) is 8.42 Å². The van der Waals surface area contributed by atoms with Crippen LogP contribution in [0.25, 0.3) is 34.0 Å². The molecule has 0 aliphatic carbocycles. The normalized spacial score (nSPS) is 17.0. The van der Waals surface area contributed by atoms with Gasteiger partial charge in [-0.25, -0.2) is 13.4 Å². The van der Waals surface area contributed by atoms with E-state index in [4.69, 9.17) is 4.52 Å². The van der Waals surface area contributed by atoms with E-state index in [0.29, 0.717) is 35.0 Å². The van der Waals surface area contributed by atoms with Gasteiger partial charge in [0.15, 0.2) is 15.6 Å². The Hall–Kier alpha value is -2.88. The number of sulfone groups is 1. The van der Waals surface area contributed by atoms with Gasteiger partial charge in [-0.3, -0.25) is 4.98 Å². The number of thiophene rings is 1. The molecule has 3 aromatic heterocycles. The molecule has 1 fully saturated rings. The zero-order valence-corrected chi connectivity index (χ0v) is 18.2. The van der Waals surface area contributed by atoms with Gasteiger partial charge in [0.05, 0.1) is 28.2 Å². The number of rotatable bonds is 5. The molecule has 1 aliphatic heterocycles. The number of aromatic nitrogens is 3. The van der Waals surface area contributed by atoms with Crippen LogP contribution in [0.5, 0.6) is 0 Å². The molecule has 5 rings (SSSR count). The number of benzene rings is 1. The number of nitrogens with zero attached hydrogens (tertiary/aromatic N) is 3. The van der Waals surface area contributed by atoms with Gasteiger partial charge >= 0.3 is 0 Å². The van der Waals surface area contributed by atoms with E-state index in [2.05, 4.69) is 20.4 Å². The summed E-state index contributed by atoms with van der Waals surface area (Å²) in [5.41, 5.74) is 3.72. The predicted octanol–water partition coefficient (Wildman–Crippen LogP) is 4.05. The first kappa shape index (κ1) is 20.0. The highest BCUT2D eigenvalue weighted by atomic mass is 32.2. The zero-order valence-electron chi connectivity index (χ0n) is 16.6. The summed E-state index contributed by atoms with van der Waals surface area (Å²) in [5, 5.41) is 10.9. The SMILES string of the molecule is O=S(=O)(c1ccc(-c2cncc(-c3cc(-c4ccsc4)no3)n2)cc1)C1CCCNC1. The smallest absolute Gasteiger partial charge is 0.187 e. The first-order valence-electron chi connectivity index (χ1n) is 9.98. The second kappa shape index (κ2) is 8.33. The van der Waals surface area contributed by atoms with Crippen molar-refractivity contribution in [1.29, 1.82) is 0 Å². The molecule has 1 N–H and O–H groups in total. The second-order valence-electron chi connectivity index (χ2n) is 7.42. The van der Waals surface area contributed by atoms with E-state index >= 15 is 0 Å². The van der Waals surface area contributed by atoms with Crippen molar-refractivity contribution < 1.29 is 12.9 Å². The molecular formula is C22H20N4O3S2. The molecule has 1 atom stereocenters. The van der Waals surface area contributed by atoms with Crippen LogP contribution in [0.3, 0.4) is 0 Å². The van der Waals surface area contributed by atoms with E-state index < -0.39 is 9.84 Å². The van der Waals surface area contributed by atoms with E-state index in [1.54, 1.807) is 48.0 Å². The molecule has 4 aromatic rings. The van der Waals surface area contributed by atoms with E-state index in [1.807, 2.05) is 22.9 Å². The predicted molar refractivity (Wildman–Crippen MR) is 119 cm³/mol. The summed E-state index contributed by atoms with van der Waals surface area (Å²) in [7, 11) is -3.35. The maximum absolute atomic E-state index is 12.9. The molecule has 31 heavy (non-hydrogen) atoms. The van der Waals surface area contributed by atoms with Crippen molar-refractivity contribution in [1.82, 2.24) is 20.4 Å². The molecule has 0 amide bonds. The lowest BCUT2D eigenvalue weighted by Crippen LogP contribution is -2.38. The average molecular weight is 453 g/mol. The summed E-state index contributed by atoms with van der Waals surface area (Å²) in [6.45, 7) is 1.38. The first-order chi connectivity index (χ1) is 15.1. The minimum Gasteiger partial charge on any atom is -0.354 e. The van der Waals surface area contributed by atoms with Crippen molar-refractivity contribution in [3.05, 3.63) is 59.6 Å². The number of hydrogen-bond acceptors (Lipinski definition) is 8. The maximum atomic E-state index is 12.9. The largest absolute Gasteiger partial charge is 0.354 e. The molecule has 0 bridgehead atoms. The Balaban J connectivity index is 1.40. The molecule has 0 spiro atoms. The standard InChI is InChI=1S/C22H20N4O3S2/c27-31(28,18-2-1-8-23-11-18)17-5-3-15(4-6-17)20-12-24-13-21(25-20)22-10-19(26-29-22)16-7-9-30-14-16/h3-7,9-10,12-14,18,23H,1-2,8,11H2. The molecule has 0 saturated carbocycles. The quantitative estimate of drug-likeness (QED) is 0.488. The summed E-state index contributed by atoms with van der Waals surface area (Å²) in [6.07, 6.45) is 4.83. The fourth-order valence-corrected chi connectivity index (χ4v) is 6.02. The molecule has 9 heteroatoms. The molecule has 1 unspecified atom stereocenters. The Kier molecular flexibility index (Phi) is 5.39. The summed E-state index contributed by atoms with van der Waals surface area (Å²) in [4.78, 5) is 9.25. The Morgan fingerprint density at radius 2 is 1.87 bits per heavy atom. The monoisotopic (exact) mass is 452 g/mol. The van der Waals surface area contributed by atoms with Crippen LogP contribution in [0, 0.1) is 0 Å². The van der Waals surface area contributed by atoms with Crippen LogP contribution in [0.15, 0.2) is 69.0 Å². The minimum absolute atomic E-state index is 0.338. The Labute approximate surface area is 184 Å². The fourth-order valence-electron chi connectivity index (χ4n) is 3.66. The number of nitrogens with one attached hydrogen (secondary N) is 1. The lowest BCUT2D eigenvalue weighted by Gasteiger charge is -2.22. The van der Waals surface area contributed by atoms with Gasteiger partial charge in [0.25, 0.3) is 0 Å². The van der Waals surface area contributed by atoms with Crippen LogP contribution in [0.1, 0.15) is 12.8 Å². The Morgan fingerprint density at radius 1 is 1.03 bits per heavy atom. The van der Waals surface area contributed by atoms with Crippen molar-refractivity contribution in [2.24, 2.45) is 0 Å². The van der Waals surface area contributed by atoms with E-state index in [1.165, 1.54) is 0 Å². The summed E-state index contributed by atoms with van der Waals surface area (Å²) in [6, 6.07) is 10.7. The maximum Gasteiger partial charge on any atom is 0.187 e. The van der Waals surface area contributed by atoms with Crippen molar-refractivity contribution in [2.75, 3.05) is 13.1 Å². The highest BCUT2D eigenvalue weighted by Gasteiger charge is 2.28. The van der Waals surface area contributed by atoms with Gasteiger partial charge < -0.3 is 9.84 Å². The minimum atomic E-state index is -3.35. The van der Waals surface area contributed by atoms with Crippen LogP contribution in [-0.2, 0) is 9.84 Å². The van der Waals surface area contributed by atoms with E-state index in [0.717, 1.165) is 29.8 Å². The topological polar surface area (TPSA) is 98.0 Å². The van der Waals surface area contributed by atoms with Gasteiger partial charge in [0, 0.05) is 29.1 Å². The third-order valence-electron chi connectivity index (χ3n) is 5.38. The number of hydrogen-bond donors (Lipinski definition) is 1. The summed E-state index contributed by atoms with van der Waals surface area (Å²) >= 11 is 1.60. The van der Waals surface area contributed by atoms with Crippen LogP contribution in [0.4, 0.5) is 0 Å². The molecule has 1 aliphatic rings. The van der Waals surface area contributed by atoms with Gasteiger partial charge in [-0.2, -0.15) is 11.3 Å². The Bertz CT molecular complexity index is 1280. The molecule has 0 radical (unpaired) electrons. The number of piperidine rings is 1. The first-order valence-corrected chi connectivity index (χ1v) is 12.5. The molecule has 1 aromatic carbocycles. The molecule has 7 nitrogen and oxygen atoms in total. The van der Waals surface area contributed by atoms with Crippen molar-refractivity contribution in [2.45, 2.75) is 23.0 Å². The van der Waals surface area contributed by atoms with Gasteiger partial charge in [0.2, 0.25) is 0 Å². The molecule has 158 valence electrons. The highest BCUT2D eigenvalue weighted by molar-refractivity contribution is 7.92. The van der Waals surface area contributed by atoms with Crippen LogP contribution in [0.2, 0.25) is 0 Å². The Morgan fingerprint density at radius 3 is 2.61 bits per heavy atom. The van der Waals surface area contributed by atoms with Crippen LogP contribution < -0.4 is 5.32 Å². The summed E-state index contributed by atoms with van der Waals surface area (Å²) in [5.74, 6) is 0.527. The van der Waals surface area contributed by atoms with Crippen LogP contribution in [-0.4, -0.2) is 41.9 Å². The van der Waals surface area contributed by atoms with Gasteiger partial charge in [-0.05, 0) is 43.0 Å². The average Bonchev–Trinajstić information content (AvgIpc) is 3.52. The van der Waals surface area contributed by atoms with Crippen LogP contribution >= 0.6 is 11.3 Å². The van der Waals surface area contributed by atoms with Crippen molar-refractivity contribution in [3.63, 3.8) is 0 Å². The van der Waals surface area contributed by atoms with Gasteiger partial charge in [0.1, 0.15) is 11.4 Å². The summed E-state index contributed by atoms with van der Waals surface area (Å²) < 4.78 is 31.2. The zero-order chi connectivity index (χ0) is 21.3. The van der Waals surface area contributed by atoms with Gasteiger partial charge in [-0.15, -0.1) is 0 Å². The highest BCUT2D eigenvalue weighted by Crippen LogP contribution is 2.28. The van der Waals surface area contributed by atoms with Gasteiger partial charge in [-0.1, -0.05) is 17.3 Å². The van der Waals surface area contributed by atoms with Crippen molar-refractivity contribution >= 4 is 21.2 Å². The fraction of sp³-hybridized carbons (Fsp3) is 0.227. The lowest BCUT2D eigenvalue weighted by atomic mass is 10.1. The second-order valence-corrected chi connectivity index (χ2v) is 10.4. The molecular weight excluding hydrogens is 432 g/mol. The molecule has 4 heterocycles. The lowest BCUT2D eigenvalue weighted by molar-refractivity contribution is 0.433. The third-order valence-corrected chi connectivity index (χ3v) is 8.28. The third kappa shape index (κ3) is 4.04.